The minimum absolute atomic E-state index is 0.109. The number of piperidine rings is 2. The molecule has 34 heavy (non-hydrogen) atoms. The molecule has 0 radical (unpaired) electrons. The minimum atomic E-state index is 0.109. The molecule has 8 nitrogen and oxygen atoms in total. The number of anilines is 2. The third-order valence-electron chi connectivity index (χ3n) is 7.32. The number of hydrogen-bond donors (Lipinski definition) is 1. The highest BCUT2D eigenvalue weighted by atomic mass is 16.5. The quantitative estimate of drug-likeness (QED) is 0.704. The monoisotopic (exact) mass is 464 g/mol. The molecule has 1 N–H and O–H groups in total. The Morgan fingerprint density at radius 2 is 1.68 bits per heavy atom. The van der Waals surface area contributed by atoms with Crippen LogP contribution < -0.4 is 15.1 Å². The number of nitrogens with zero attached hydrogens (tertiary/aromatic N) is 5. The molecular weight excluding hydrogens is 428 g/mol. The van der Waals surface area contributed by atoms with Crippen molar-refractivity contribution in [3.63, 3.8) is 0 Å². The van der Waals surface area contributed by atoms with Gasteiger partial charge in [-0.05, 0) is 68.5 Å². The number of carbonyl (C=O) groups excluding carboxylic acids is 1. The largest absolute Gasteiger partial charge is 0.378 e. The van der Waals surface area contributed by atoms with Crippen molar-refractivity contribution >= 4 is 17.5 Å². The lowest BCUT2D eigenvalue weighted by Crippen LogP contribution is -2.46. The van der Waals surface area contributed by atoms with Gasteiger partial charge in [-0.25, -0.2) is 9.97 Å². The summed E-state index contributed by atoms with van der Waals surface area (Å²) < 4.78 is 5.35. The SMILES string of the molecule is O=C(c1ccc(N2CCC(NCC3CCCN(c4ncccn4)C3)CC2)cc1)N1CCOCC1. The molecule has 1 unspecified atom stereocenters. The first-order valence-corrected chi connectivity index (χ1v) is 12.7. The molecule has 0 saturated carbocycles. The van der Waals surface area contributed by atoms with Gasteiger partial charge < -0.3 is 24.8 Å². The number of aromatic nitrogens is 2. The van der Waals surface area contributed by atoms with Crippen LogP contribution in [-0.4, -0.2) is 85.8 Å². The zero-order valence-corrected chi connectivity index (χ0v) is 19.9. The summed E-state index contributed by atoms with van der Waals surface area (Å²) in [5.74, 6) is 1.61. The van der Waals surface area contributed by atoms with E-state index in [0.29, 0.717) is 38.3 Å². The summed E-state index contributed by atoms with van der Waals surface area (Å²) in [4.78, 5) is 28.2. The average Bonchev–Trinajstić information content (AvgIpc) is 2.93. The zero-order valence-electron chi connectivity index (χ0n) is 19.9. The second-order valence-electron chi connectivity index (χ2n) is 9.62. The third-order valence-corrected chi connectivity index (χ3v) is 7.32. The standard InChI is InChI=1S/C26H36N6O2/c33-25(31-15-17-34-18-16-31)22-4-6-24(7-5-22)30-13-8-23(9-14-30)29-19-21-3-1-12-32(20-21)26-27-10-2-11-28-26/h2,4-7,10-11,21,23,29H,1,3,8-9,12-20H2. The molecule has 8 heteroatoms. The molecule has 1 atom stereocenters. The number of benzene rings is 1. The van der Waals surface area contributed by atoms with Crippen molar-refractivity contribution < 1.29 is 9.53 Å². The van der Waals surface area contributed by atoms with Crippen LogP contribution in [0.5, 0.6) is 0 Å². The maximum absolute atomic E-state index is 12.7. The summed E-state index contributed by atoms with van der Waals surface area (Å²) in [6.45, 7) is 7.86. The molecule has 2 aromatic rings. The van der Waals surface area contributed by atoms with Gasteiger partial charge in [0.2, 0.25) is 5.95 Å². The van der Waals surface area contributed by atoms with Gasteiger partial charge >= 0.3 is 0 Å². The molecule has 1 aromatic carbocycles. The predicted molar refractivity (Wildman–Crippen MR) is 133 cm³/mol. The van der Waals surface area contributed by atoms with Crippen molar-refractivity contribution in [2.45, 2.75) is 31.7 Å². The van der Waals surface area contributed by atoms with E-state index in [9.17, 15) is 4.79 Å². The van der Waals surface area contributed by atoms with Crippen LogP contribution in [0.4, 0.5) is 11.6 Å². The van der Waals surface area contributed by atoms with Gasteiger partial charge in [-0.15, -0.1) is 0 Å². The molecule has 0 bridgehead atoms. The van der Waals surface area contributed by atoms with Crippen molar-refractivity contribution in [1.82, 2.24) is 20.2 Å². The molecule has 3 aliphatic heterocycles. The van der Waals surface area contributed by atoms with Gasteiger partial charge in [-0.2, -0.15) is 0 Å². The van der Waals surface area contributed by atoms with E-state index in [2.05, 4.69) is 37.2 Å². The molecular formula is C26H36N6O2. The first kappa shape index (κ1) is 23.1. The fraction of sp³-hybridized carbons (Fsp3) is 0.577. The summed E-state index contributed by atoms with van der Waals surface area (Å²) in [5.41, 5.74) is 1.98. The highest BCUT2D eigenvalue weighted by Gasteiger charge is 2.25. The number of rotatable bonds is 6. The Morgan fingerprint density at radius 1 is 0.941 bits per heavy atom. The van der Waals surface area contributed by atoms with Crippen LogP contribution in [0.15, 0.2) is 42.7 Å². The molecule has 182 valence electrons. The van der Waals surface area contributed by atoms with Crippen molar-refractivity contribution in [2.24, 2.45) is 5.92 Å². The lowest BCUT2D eigenvalue weighted by Gasteiger charge is -2.36. The average molecular weight is 465 g/mol. The van der Waals surface area contributed by atoms with Gasteiger partial charge in [0.25, 0.3) is 5.91 Å². The van der Waals surface area contributed by atoms with E-state index in [1.54, 1.807) is 0 Å². The van der Waals surface area contributed by atoms with Crippen molar-refractivity contribution in [2.75, 3.05) is 68.8 Å². The summed E-state index contributed by atoms with van der Waals surface area (Å²) >= 11 is 0. The van der Waals surface area contributed by atoms with Crippen molar-refractivity contribution in [1.29, 1.82) is 0 Å². The van der Waals surface area contributed by atoms with Gasteiger partial charge in [0.05, 0.1) is 13.2 Å². The maximum Gasteiger partial charge on any atom is 0.254 e. The van der Waals surface area contributed by atoms with Crippen LogP contribution in [0.25, 0.3) is 0 Å². The minimum Gasteiger partial charge on any atom is -0.378 e. The Bertz CT molecular complexity index is 911. The normalized spacial score (nSPS) is 22.1. The number of amides is 1. The fourth-order valence-corrected chi connectivity index (χ4v) is 5.31. The van der Waals surface area contributed by atoms with Gasteiger partial charge in [0.1, 0.15) is 0 Å². The van der Waals surface area contributed by atoms with Gasteiger partial charge in [-0.1, -0.05) is 0 Å². The van der Waals surface area contributed by atoms with Crippen molar-refractivity contribution in [3.05, 3.63) is 48.3 Å². The van der Waals surface area contributed by atoms with E-state index < -0.39 is 0 Å². The number of ether oxygens (including phenoxy) is 1. The van der Waals surface area contributed by atoms with Crippen LogP contribution >= 0.6 is 0 Å². The third kappa shape index (κ3) is 5.67. The zero-order chi connectivity index (χ0) is 23.2. The smallest absolute Gasteiger partial charge is 0.254 e. The first-order valence-electron chi connectivity index (χ1n) is 12.7. The second kappa shape index (κ2) is 11.1. The highest BCUT2D eigenvalue weighted by molar-refractivity contribution is 5.94. The molecule has 3 aliphatic rings. The summed E-state index contributed by atoms with van der Waals surface area (Å²) in [6, 6.07) is 10.6. The van der Waals surface area contributed by atoms with E-state index >= 15 is 0 Å². The Labute approximate surface area is 202 Å². The van der Waals surface area contributed by atoms with Gasteiger partial charge in [-0.3, -0.25) is 4.79 Å². The topological polar surface area (TPSA) is 73.8 Å². The lowest BCUT2D eigenvalue weighted by atomic mass is 9.96. The Morgan fingerprint density at radius 3 is 2.41 bits per heavy atom. The molecule has 3 fully saturated rings. The summed E-state index contributed by atoms with van der Waals surface area (Å²) in [7, 11) is 0. The molecule has 3 saturated heterocycles. The van der Waals surface area contributed by atoms with Crippen molar-refractivity contribution in [3.8, 4) is 0 Å². The van der Waals surface area contributed by atoms with E-state index in [0.717, 1.165) is 57.1 Å². The highest BCUT2D eigenvalue weighted by Crippen LogP contribution is 2.23. The molecule has 5 rings (SSSR count). The predicted octanol–water partition coefficient (Wildman–Crippen LogP) is 2.42. The fourth-order valence-electron chi connectivity index (χ4n) is 5.31. The van der Waals surface area contributed by atoms with E-state index in [1.165, 1.54) is 18.5 Å². The van der Waals surface area contributed by atoms with Crippen LogP contribution in [0.3, 0.4) is 0 Å². The number of hydrogen-bond acceptors (Lipinski definition) is 7. The molecule has 0 spiro atoms. The molecule has 1 aromatic heterocycles. The lowest BCUT2D eigenvalue weighted by molar-refractivity contribution is 0.0303. The molecule has 4 heterocycles. The summed E-state index contributed by atoms with van der Waals surface area (Å²) in [5, 5.41) is 3.84. The maximum atomic E-state index is 12.7. The van der Waals surface area contributed by atoms with E-state index in [-0.39, 0.29) is 5.91 Å². The molecule has 0 aliphatic carbocycles. The van der Waals surface area contributed by atoms with Crippen LogP contribution in [-0.2, 0) is 4.74 Å². The molecule has 1 amide bonds. The Kier molecular flexibility index (Phi) is 7.56. The Hall–Kier alpha value is -2.71. The van der Waals surface area contributed by atoms with Gasteiger partial charge in [0, 0.05) is 69.0 Å². The summed E-state index contributed by atoms with van der Waals surface area (Å²) in [6.07, 6.45) is 8.41. The van der Waals surface area contributed by atoms with Crippen LogP contribution in [0.1, 0.15) is 36.0 Å². The first-order chi connectivity index (χ1) is 16.8. The Balaban J connectivity index is 1.06. The van der Waals surface area contributed by atoms with Gasteiger partial charge in [0.15, 0.2) is 0 Å². The second-order valence-corrected chi connectivity index (χ2v) is 9.62. The van der Waals surface area contributed by atoms with E-state index in [1.807, 2.05) is 35.5 Å². The van der Waals surface area contributed by atoms with E-state index in [4.69, 9.17) is 4.74 Å². The van der Waals surface area contributed by atoms with Crippen LogP contribution in [0, 0.1) is 5.92 Å². The number of carbonyl (C=O) groups is 1. The van der Waals surface area contributed by atoms with Crippen LogP contribution in [0.2, 0.25) is 0 Å². The number of nitrogens with one attached hydrogen (secondary N) is 1. The number of morpholine rings is 1.